The van der Waals surface area contributed by atoms with Crippen molar-refractivity contribution in [3.8, 4) is 17.5 Å². The zero-order valence-corrected chi connectivity index (χ0v) is 11.4. The lowest BCUT2D eigenvalue weighted by molar-refractivity contribution is 0.413. The number of nitriles is 1. The molecular weight excluding hydrogens is 272 g/mol. The molecule has 20 heavy (non-hydrogen) atoms. The van der Waals surface area contributed by atoms with Crippen LogP contribution in [0.2, 0.25) is 0 Å². The van der Waals surface area contributed by atoms with Gasteiger partial charge in [0.2, 0.25) is 0 Å². The summed E-state index contributed by atoms with van der Waals surface area (Å²) in [7, 11) is 1.57. The molecular formula is C14H10N4OS. The van der Waals surface area contributed by atoms with Crippen LogP contribution in [0.4, 0.5) is 0 Å². The number of hydrogen-bond donors (Lipinski definition) is 1. The number of fused-ring (bicyclic) bond motifs is 1. The van der Waals surface area contributed by atoms with Gasteiger partial charge in [-0.2, -0.15) is 5.26 Å². The van der Waals surface area contributed by atoms with E-state index in [4.69, 9.17) is 17.0 Å². The first-order chi connectivity index (χ1) is 9.76. The van der Waals surface area contributed by atoms with Crippen molar-refractivity contribution < 1.29 is 4.74 Å². The van der Waals surface area contributed by atoms with Crippen LogP contribution in [0.15, 0.2) is 36.7 Å². The Morgan fingerprint density at radius 1 is 1.40 bits per heavy atom. The van der Waals surface area contributed by atoms with Gasteiger partial charge < -0.3 is 9.72 Å². The van der Waals surface area contributed by atoms with Crippen molar-refractivity contribution >= 4 is 23.3 Å². The van der Waals surface area contributed by atoms with Gasteiger partial charge in [0, 0.05) is 6.20 Å². The van der Waals surface area contributed by atoms with Crippen LogP contribution in [0.1, 0.15) is 5.56 Å². The average Bonchev–Trinajstić information content (AvgIpc) is 2.81. The maximum atomic E-state index is 9.32. The van der Waals surface area contributed by atoms with E-state index in [9.17, 15) is 5.26 Å². The Hall–Kier alpha value is -2.65. The van der Waals surface area contributed by atoms with Crippen molar-refractivity contribution in [2.75, 3.05) is 7.11 Å². The zero-order valence-electron chi connectivity index (χ0n) is 10.6. The second-order valence-corrected chi connectivity index (χ2v) is 4.51. The molecule has 0 saturated carbocycles. The molecule has 6 heteroatoms. The number of nitrogens with one attached hydrogen (secondary N) is 1. The number of hydrogen-bond acceptors (Lipinski definition) is 4. The molecule has 0 spiro atoms. The number of ether oxygens (including phenoxy) is 1. The molecule has 5 nitrogen and oxygen atoms in total. The molecule has 1 aromatic carbocycles. The first-order valence-corrected chi connectivity index (χ1v) is 6.29. The Morgan fingerprint density at radius 2 is 2.25 bits per heavy atom. The number of pyridine rings is 1. The summed E-state index contributed by atoms with van der Waals surface area (Å²) >= 11 is 5.36. The van der Waals surface area contributed by atoms with Gasteiger partial charge in [-0.1, -0.05) is 6.07 Å². The van der Waals surface area contributed by atoms with Crippen LogP contribution in [0.5, 0.6) is 5.75 Å². The molecule has 1 N–H and O–H groups in total. The van der Waals surface area contributed by atoms with Crippen LogP contribution in [-0.2, 0) is 0 Å². The first kappa shape index (κ1) is 12.4. The smallest absolute Gasteiger partial charge is 0.182 e. The number of benzene rings is 1. The standard InChI is InChI=1S/C14H10N4OS/c1-19-12-4-2-3-9(7-15)13(12)18-11-5-6-16-8-10(11)17-14(18)20/h2-6,8H,1H3,(H,17,20). The van der Waals surface area contributed by atoms with Crippen LogP contribution in [0.3, 0.4) is 0 Å². The third-order valence-electron chi connectivity index (χ3n) is 3.05. The fourth-order valence-electron chi connectivity index (χ4n) is 2.19. The van der Waals surface area contributed by atoms with E-state index in [1.54, 1.807) is 42.3 Å². The van der Waals surface area contributed by atoms with E-state index in [0.29, 0.717) is 21.8 Å². The van der Waals surface area contributed by atoms with Crippen molar-refractivity contribution in [2.45, 2.75) is 0 Å². The third kappa shape index (κ3) is 1.76. The molecule has 0 fully saturated rings. The molecule has 2 aromatic heterocycles. The number of para-hydroxylation sites is 1. The summed E-state index contributed by atoms with van der Waals surface area (Å²) in [5, 5.41) is 9.32. The van der Waals surface area contributed by atoms with E-state index >= 15 is 0 Å². The summed E-state index contributed by atoms with van der Waals surface area (Å²) in [5.74, 6) is 0.595. The molecule has 0 aliphatic carbocycles. The molecule has 3 rings (SSSR count). The van der Waals surface area contributed by atoms with Crippen molar-refractivity contribution in [1.82, 2.24) is 14.5 Å². The Bertz CT molecular complexity index is 888. The molecule has 3 aromatic rings. The number of nitrogens with zero attached hydrogens (tertiary/aromatic N) is 3. The number of aromatic nitrogens is 3. The Labute approximate surface area is 120 Å². The Kier molecular flexibility index (Phi) is 2.97. The SMILES string of the molecule is COc1cccc(C#N)c1-n1c(=S)[nH]c2cnccc21. The van der Waals surface area contributed by atoms with Crippen molar-refractivity contribution in [2.24, 2.45) is 0 Å². The fraction of sp³-hybridized carbons (Fsp3) is 0.0714. The molecule has 0 bridgehead atoms. The molecule has 0 unspecified atom stereocenters. The minimum absolute atomic E-state index is 0.494. The van der Waals surface area contributed by atoms with Gasteiger partial charge in [-0.25, -0.2) is 0 Å². The fourth-order valence-corrected chi connectivity index (χ4v) is 2.49. The normalized spacial score (nSPS) is 10.4. The lowest BCUT2D eigenvalue weighted by Gasteiger charge is -2.11. The highest BCUT2D eigenvalue weighted by Crippen LogP contribution is 2.29. The van der Waals surface area contributed by atoms with Gasteiger partial charge in [-0.05, 0) is 30.4 Å². The Morgan fingerprint density at radius 3 is 3.00 bits per heavy atom. The predicted octanol–water partition coefficient (Wildman–Crippen LogP) is 2.96. The lowest BCUT2D eigenvalue weighted by Crippen LogP contribution is -2.01. The van der Waals surface area contributed by atoms with E-state index < -0.39 is 0 Å². The van der Waals surface area contributed by atoms with Gasteiger partial charge >= 0.3 is 0 Å². The van der Waals surface area contributed by atoms with Crippen LogP contribution < -0.4 is 4.74 Å². The number of aromatic amines is 1. The minimum atomic E-state index is 0.494. The summed E-state index contributed by atoms with van der Waals surface area (Å²) in [6.07, 6.45) is 3.38. The Balaban J connectivity index is 2.46. The van der Waals surface area contributed by atoms with Gasteiger partial charge in [0.1, 0.15) is 17.5 Å². The highest BCUT2D eigenvalue weighted by atomic mass is 32.1. The maximum absolute atomic E-state index is 9.32. The summed E-state index contributed by atoms with van der Waals surface area (Å²) in [6, 6.07) is 9.33. The minimum Gasteiger partial charge on any atom is -0.495 e. The molecule has 0 atom stereocenters. The topological polar surface area (TPSA) is 66.6 Å². The molecule has 0 aliphatic rings. The third-order valence-corrected chi connectivity index (χ3v) is 3.33. The summed E-state index contributed by atoms with van der Waals surface area (Å²) in [4.78, 5) is 7.14. The van der Waals surface area contributed by atoms with Crippen LogP contribution >= 0.6 is 12.2 Å². The van der Waals surface area contributed by atoms with Gasteiger partial charge in [-0.3, -0.25) is 9.55 Å². The van der Waals surface area contributed by atoms with E-state index in [1.165, 1.54) is 0 Å². The average molecular weight is 282 g/mol. The van der Waals surface area contributed by atoms with Crippen LogP contribution in [0, 0.1) is 16.1 Å². The second kappa shape index (κ2) is 4.79. The van der Waals surface area contributed by atoms with Gasteiger partial charge in [-0.15, -0.1) is 0 Å². The predicted molar refractivity (Wildman–Crippen MR) is 77.5 cm³/mol. The summed E-state index contributed by atoms with van der Waals surface area (Å²) in [6.45, 7) is 0. The van der Waals surface area contributed by atoms with Crippen molar-refractivity contribution in [1.29, 1.82) is 5.26 Å². The molecule has 0 amide bonds. The van der Waals surface area contributed by atoms with E-state index in [2.05, 4.69) is 16.0 Å². The molecule has 0 radical (unpaired) electrons. The molecule has 98 valence electrons. The second-order valence-electron chi connectivity index (χ2n) is 4.13. The zero-order chi connectivity index (χ0) is 14.1. The van der Waals surface area contributed by atoms with Crippen molar-refractivity contribution in [3.63, 3.8) is 0 Å². The number of H-pyrrole nitrogens is 1. The van der Waals surface area contributed by atoms with E-state index in [1.807, 2.05) is 6.07 Å². The number of methoxy groups -OCH3 is 1. The summed E-state index contributed by atoms with van der Waals surface area (Å²) < 4.78 is 7.66. The maximum Gasteiger partial charge on any atom is 0.182 e. The highest BCUT2D eigenvalue weighted by Gasteiger charge is 2.15. The highest BCUT2D eigenvalue weighted by molar-refractivity contribution is 7.71. The number of imidazole rings is 1. The molecule has 0 saturated heterocycles. The van der Waals surface area contributed by atoms with Crippen LogP contribution in [0.25, 0.3) is 16.7 Å². The lowest BCUT2D eigenvalue weighted by atomic mass is 10.1. The monoisotopic (exact) mass is 282 g/mol. The molecule has 0 aliphatic heterocycles. The molecule has 2 heterocycles. The first-order valence-electron chi connectivity index (χ1n) is 5.88. The van der Waals surface area contributed by atoms with Gasteiger partial charge in [0.15, 0.2) is 4.77 Å². The van der Waals surface area contributed by atoms with Crippen LogP contribution in [-0.4, -0.2) is 21.6 Å². The van der Waals surface area contributed by atoms with Crippen molar-refractivity contribution in [3.05, 3.63) is 47.0 Å². The van der Waals surface area contributed by atoms with E-state index in [0.717, 1.165) is 11.0 Å². The summed E-state index contributed by atoms with van der Waals surface area (Å²) in [5.41, 5.74) is 2.80. The largest absolute Gasteiger partial charge is 0.495 e. The van der Waals surface area contributed by atoms with Gasteiger partial charge in [0.25, 0.3) is 0 Å². The number of rotatable bonds is 2. The van der Waals surface area contributed by atoms with E-state index in [-0.39, 0.29) is 0 Å². The van der Waals surface area contributed by atoms with Gasteiger partial charge in [0.05, 0.1) is 29.9 Å². The quantitative estimate of drug-likeness (QED) is 0.734.